The second kappa shape index (κ2) is 9.11. The zero-order valence-corrected chi connectivity index (χ0v) is 17.0. The Morgan fingerprint density at radius 1 is 1.27 bits per heavy atom. The zero-order chi connectivity index (χ0) is 20.1. The van der Waals surface area contributed by atoms with Gasteiger partial charge in [0.15, 0.2) is 4.88 Å². The van der Waals surface area contributed by atoms with Gasteiger partial charge >= 0.3 is 5.97 Å². The van der Waals surface area contributed by atoms with E-state index in [-0.39, 0.29) is 16.6 Å². The van der Waals surface area contributed by atoms with Crippen LogP contribution in [0.2, 0.25) is 0 Å². The Morgan fingerprint density at radius 2 is 1.88 bits per heavy atom. The van der Waals surface area contributed by atoms with Gasteiger partial charge in [-0.15, -0.1) is 0 Å². The number of aromatic nitrogens is 1. The highest BCUT2D eigenvalue weighted by Gasteiger charge is 2.24. The molecule has 0 aliphatic rings. The summed E-state index contributed by atoms with van der Waals surface area (Å²) in [5, 5.41) is 10.0. The average molecular weight is 402 g/mol. The Kier molecular flexibility index (Phi) is 7.73. The molecular weight excluding hydrogens is 378 g/mol. The monoisotopic (exact) mass is 401 g/mol. The van der Waals surface area contributed by atoms with Crippen LogP contribution in [0.25, 0.3) is 0 Å². The summed E-state index contributed by atoms with van der Waals surface area (Å²) < 4.78 is 38.7. The summed E-state index contributed by atoms with van der Waals surface area (Å²) in [5.41, 5.74) is 1.34. The number of hydrogen-bond donors (Lipinski definition) is 1. The molecule has 0 unspecified atom stereocenters. The van der Waals surface area contributed by atoms with Gasteiger partial charge in [0.2, 0.25) is 10.7 Å². The van der Waals surface area contributed by atoms with E-state index in [2.05, 4.69) is 11.5 Å². The molecule has 1 N–H and O–H groups in total. The Labute approximate surface area is 157 Å². The average Bonchev–Trinajstić information content (AvgIpc) is 2.84. The number of phenols is 1. The van der Waals surface area contributed by atoms with Crippen LogP contribution in [-0.2, 0) is 21.4 Å². The number of nitrogens with zero attached hydrogens (tertiary/aromatic N) is 1. The quantitative estimate of drug-likeness (QED) is 0.479. The Morgan fingerprint density at radius 3 is 2.31 bits per heavy atom. The van der Waals surface area contributed by atoms with Gasteiger partial charge in [-0.05, 0) is 38.5 Å². The van der Waals surface area contributed by atoms with Crippen LogP contribution in [0.4, 0.5) is 0 Å². The third-order valence-electron chi connectivity index (χ3n) is 3.58. The van der Waals surface area contributed by atoms with Crippen LogP contribution in [0.5, 0.6) is 5.75 Å². The predicted octanol–water partition coefficient (Wildman–Crippen LogP) is 2.45. The van der Waals surface area contributed by atoms with E-state index in [1.165, 1.54) is 30.4 Å². The summed E-state index contributed by atoms with van der Waals surface area (Å²) in [5.74, 6) is -0.430. The molecule has 1 aromatic heterocycles. The highest BCUT2D eigenvalue weighted by atomic mass is 32.2. The maximum Gasteiger partial charge on any atom is 0.355 e. The minimum absolute atomic E-state index is 0.203. The normalized spacial score (nSPS) is 10.8. The van der Waals surface area contributed by atoms with Crippen molar-refractivity contribution in [3.63, 3.8) is 0 Å². The molecule has 9 heteroatoms. The van der Waals surface area contributed by atoms with Crippen molar-refractivity contribution in [3.8, 4) is 5.75 Å². The lowest BCUT2D eigenvalue weighted by Gasteiger charge is -2.09. The molecule has 1 aromatic carbocycles. The molecule has 0 atom stereocenters. The van der Waals surface area contributed by atoms with E-state index in [0.29, 0.717) is 12.2 Å². The van der Waals surface area contributed by atoms with Crippen LogP contribution < -0.4 is 4.57 Å². The number of thiazole rings is 1. The summed E-state index contributed by atoms with van der Waals surface area (Å²) in [6.45, 7) is 10.7. The summed E-state index contributed by atoms with van der Waals surface area (Å²) in [7, 11) is -4.47. The van der Waals surface area contributed by atoms with Gasteiger partial charge in [-0.25, -0.2) is 13.2 Å². The highest BCUT2D eigenvalue weighted by Crippen LogP contribution is 2.20. The molecule has 0 amide bonds. The Balaban J connectivity index is 0.000000263. The first kappa shape index (κ1) is 22.1. The molecule has 0 aliphatic heterocycles. The highest BCUT2D eigenvalue weighted by molar-refractivity contribution is 7.85. The molecule has 0 saturated heterocycles. The van der Waals surface area contributed by atoms with E-state index in [0.717, 1.165) is 28.2 Å². The maximum absolute atomic E-state index is 11.5. The van der Waals surface area contributed by atoms with Crippen molar-refractivity contribution in [2.24, 2.45) is 0 Å². The SMILES string of the molecule is CCOC(=O)c1sc(C)[n+](CC)c1C.Cc1ccc(O)cc1S(=O)(=O)[O-]. The van der Waals surface area contributed by atoms with Crippen LogP contribution in [0.3, 0.4) is 0 Å². The van der Waals surface area contributed by atoms with E-state index in [1.54, 1.807) is 0 Å². The smallest absolute Gasteiger partial charge is 0.355 e. The van der Waals surface area contributed by atoms with E-state index in [9.17, 15) is 17.8 Å². The van der Waals surface area contributed by atoms with Crippen molar-refractivity contribution in [1.82, 2.24) is 0 Å². The topological polar surface area (TPSA) is 108 Å². The minimum atomic E-state index is -4.47. The fourth-order valence-electron chi connectivity index (χ4n) is 2.34. The number of benzene rings is 1. The maximum atomic E-state index is 11.5. The molecule has 0 fully saturated rings. The van der Waals surface area contributed by atoms with Gasteiger partial charge in [-0.2, -0.15) is 4.57 Å². The minimum Gasteiger partial charge on any atom is -0.744 e. The number of aryl methyl sites for hydroxylation is 2. The lowest BCUT2D eigenvalue weighted by Crippen LogP contribution is -2.36. The van der Waals surface area contributed by atoms with Gasteiger partial charge in [0, 0.05) is 13.8 Å². The summed E-state index contributed by atoms with van der Waals surface area (Å²) in [4.78, 5) is 11.9. The van der Waals surface area contributed by atoms with Crippen LogP contribution in [0.1, 0.15) is 39.8 Å². The van der Waals surface area contributed by atoms with Crippen molar-refractivity contribution < 1.29 is 32.2 Å². The van der Waals surface area contributed by atoms with Crippen LogP contribution in [0, 0.1) is 20.8 Å². The van der Waals surface area contributed by atoms with Crippen molar-refractivity contribution >= 4 is 27.4 Å². The van der Waals surface area contributed by atoms with Crippen LogP contribution in [0.15, 0.2) is 23.1 Å². The standard InChI is InChI=1S/C10H16NO2S.C7H8O4S/c1-5-11-7(3)9(14-8(11)4)10(12)13-6-2;1-5-2-3-6(8)4-7(5)12(9,10)11/h5-6H2,1-4H3;2-4,8H,1H3,(H,9,10,11)/q+1;/p-1. The van der Waals surface area contributed by atoms with E-state index >= 15 is 0 Å². The number of phenolic OH excluding ortho intramolecular Hbond substituents is 1. The van der Waals surface area contributed by atoms with Gasteiger partial charge in [0.1, 0.15) is 22.4 Å². The summed E-state index contributed by atoms with van der Waals surface area (Å²) in [6, 6.07) is 3.64. The first-order valence-corrected chi connectivity index (χ1v) is 10.2. The lowest BCUT2D eigenvalue weighted by atomic mass is 10.2. The van der Waals surface area contributed by atoms with Gasteiger partial charge in [-0.3, -0.25) is 0 Å². The third-order valence-corrected chi connectivity index (χ3v) is 5.74. The number of rotatable bonds is 4. The van der Waals surface area contributed by atoms with Crippen molar-refractivity contribution in [2.45, 2.75) is 46.1 Å². The van der Waals surface area contributed by atoms with Crippen molar-refractivity contribution in [3.05, 3.63) is 39.3 Å². The van der Waals surface area contributed by atoms with E-state index in [1.807, 2.05) is 20.8 Å². The van der Waals surface area contributed by atoms with Gasteiger partial charge in [0.05, 0.1) is 11.5 Å². The predicted molar refractivity (Wildman–Crippen MR) is 96.4 cm³/mol. The fourth-order valence-corrected chi connectivity index (χ4v) is 4.14. The first-order valence-electron chi connectivity index (χ1n) is 7.95. The largest absolute Gasteiger partial charge is 0.744 e. The summed E-state index contributed by atoms with van der Waals surface area (Å²) in [6.07, 6.45) is 0. The second-order valence-corrected chi connectivity index (χ2v) is 7.96. The molecule has 2 rings (SSSR count). The Bertz CT molecular complexity index is 887. The molecule has 1 heterocycles. The molecule has 0 radical (unpaired) electrons. The molecule has 0 aliphatic carbocycles. The second-order valence-electron chi connectivity index (χ2n) is 5.40. The molecular formula is C17H23NO6S2. The van der Waals surface area contributed by atoms with Crippen molar-refractivity contribution in [1.29, 1.82) is 0 Å². The lowest BCUT2D eigenvalue weighted by molar-refractivity contribution is -0.700. The molecule has 0 spiro atoms. The number of carbonyl (C=O) groups excluding carboxylic acids is 1. The van der Waals surface area contributed by atoms with Gasteiger partial charge in [0.25, 0.3) is 0 Å². The number of aromatic hydroxyl groups is 1. The van der Waals surface area contributed by atoms with Crippen LogP contribution >= 0.6 is 11.3 Å². The zero-order valence-electron chi connectivity index (χ0n) is 15.4. The number of ether oxygens (including phenoxy) is 1. The number of carbonyl (C=O) groups is 1. The number of hydrogen-bond acceptors (Lipinski definition) is 7. The molecule has 0 saturated carbocycles. The molecule has 26 heavy (non-hydrogen) atoms. The fraction of sp³-hybridized carbons (Fsp3) is 0.412. The third kappa shape index (κ3) is 5.52. The van der Waals surface area contributed by atoms with E-state index in [4.69, 9.17) is 9.84 Å². The van der Waals surface area contributed by atoms with Crippen molar-refractivity contribution in [2.75, 3.05) is 6.61 Å². The first-order chi connectivity index (χ1) is 12.0. The molecule has 7 nitrogen and oxygen atoms in total. The Hall–Kier alpha value is -1.97. The van der Waals surface area contributed by atoms with E-state index < -0.39 is 10.1 Å². The van der Waals surface area contributed by atoms with Gasteiger partial charge < -0.3 is 14.4 Å². The van der Waals surface area contributed by atoms with Gasteiger partial charge in [-0.1, -0.05) is 17.4 Å². The summed E-state index contributed by atoms with van der Waals surface area (Å²) >= 11 is 1.50. The van der Waals surface area contributed by atoms with Crippen LogP contribution in [-0.4, -0.2) is 30.7 Å². The molecule has 0 bridgehead atoms. The molecule has 2 aromatic rings. The number of esters is 1. The molecule has 144 valence electrons.